The standard InChI is InChI=1S/C19H29N5O4S/c1-14(2)24-18-8-7-16(12-17(18)21-22-24)29(26,27)23-10-4-6-15(13-23)19(25)20-9-5-11-28-3/h7-8,12,14-15H,4-6,9-11,13H2,1-3H3,(H,20,25). The maximum absolute atomic E-state index is 13.2. The number of hydrogen-bond acceptors (Lipinski definition) is 6. The number of fused-ring (bicyclic) bond motifs is 1. The normalized spacial score (nSPS) is 18.4. The fourth-order valence-corrected chi connectivity index (χ4v) is 5.10. The third-order valence-electron chi connectivity index (χ3n) is 5.15. The molecule has 160 valence electrons. The first-order valence-corrected chi connectivity index (χ1v) is 11.4. The van der Waals surface area contributed by atoms with Gasteiger partial charge in [-0.2, -0.15) is 4.31 Å². The van der Waals surface area contributed by atoms with Crippen molar-refractivity contribution in [2.45, 2.75) is 44.0 Å². The largest absolute Gasteiger partial charge is 0.385 e. The van der Waals surface area contributed by atoms with Crippen molar-refractivity contribution in [1.82, 2.24) is 24.6 Å². The molecule has 3 rings (SSSR count). The summed E-state index contributed by atoms with van der Waals surface area (Å²) in [5.74, 6) is -0.442. The summed E-state index contributed by atoms with van der Waals surface area (Å²) < 4.78 is 34.5. The van der Waals surface area contributed by atoms with Crippen LogP contribution in [0.3, 0.4) is 0 Å². The minimum atomic E-state index is -3.70. The van der Waals surface area contributed by atoms with E-state index < -0.39 is 10.0 Å². The van der Waals surface area contributed by atoms with Crippen molar-refractivity contribution in [2.24, 2.45) is 5.92 Å². The van der Waals surface area contributed by atoms with Crippen LogP contribution in [0.1, 0.15) is 39.2 Å². The molecule has 2 aromatic rings. The van der Waals surface area contributed by atoms with Crippen LogP contribution in [0.15, 0.2) is 23.1 Å². The number of ether oxygens (including phenoxy) is 1. The van der Waals surface area contributed by atoms with Crippen molar-refractivity contribution in [2.75, 3.05) is 33.4 Å². The molecule has 1 aliphatic heterocycles. The summed E-state index contributed by atoms with van der Waals surface area (Å²) in [5.41, 5.74) is 1.34. The number of nitrogens with one attached hydrogen (secondary N) is 1. The van der Waals surface area contributed by atoms with Gasteiger partial charge in [0.15, 0.2) is 0 Å². The van der Waals surface area contributed by atoms with Crippen molar-refractivity contribution >= 4 is 27.0 Å². The van der Waals surface area contributed by atoms with Crippen LogP contribution in [0.5, 0.6) is 0 Å². The van der Waals surface area contributed by atoms with Gasteiger partial charge in [-0.25, -0.2) is 13.1 Å². The lowest BCUT2D eigenvalue weighted by molar-refractivity contribution is -0.126. The highest BCUT2D eigenvalue weighted by Crippen LogP contribution is 2.26. The Hall–Kier alpha value is -2.04. The van der Waals surface area contributed by atoms with Gasteiger partial charge in [-0.05, 0) is 51.3 Å². The average Bonchev–Trinajstić information content (AvgIpc) is 3.15. The van der Waals surface area contributed by atoms with Crippen LogP contribution < -0.4 is 5.32 Å². The highest BCUT2D eigenvalue weighted by Gasteiger charge is 2.33. The van der Waals surface area contributed by atoms with Gasteiger partial charge in [-0.3, -0.25) is 4.79 Å². The van der Waals surface area contributed by atoms with E-state index in [4.69, 9.17) is 4.74 Å². The van der Waals surface area contributed by atoms with Gasteiger partial charge in [0.05, 0.1) is 16.3 Å². The van der Waals surface area contributed by atoms with Crippen molar-refractivity contribution in [1.29, 1.82) is 0 Å². The first-order valence-electron chi connectivity index (χ1n) is 9.96. The number of sulfonamides is 1. The molecule has 1 saturated heterocycles. The Morgan fingerprint density at radius 3 is 2.90 bits per heavy atom. The molecular formula is C19H29N5O4S. The Bertz CT molecular complexity index is 957. The van der Waals surface area contributed by atoms with E-state index in [1.54, 1.807) is 30.0 Å². The van der Waals surface area contributed by atoms with E-state index in [0.717, 1.165) is 11.9 Å². The first kappa shape index (κ1) is 21.7. The molecule has 1 aromatic heterocycles. The number of nitrogens with zero attached hydrogens (tertiary/aromatic N) is 4. The number of hydrogen-bond donors (Lipinski definition) is 1. The molecular weight excluding hydrogens is 394 g/mol. The second kappa shape index (κ2) is 9.19. The van der Waals surface area contributed by atoms with E-state index in [-0.39, 0.29) is 29.3 Å². The van der Waals surface area contributed by atoms with Gasteiger partial charge in [0.1, 0.15) is 5.52 Å². The smallest absolute Gasteiger partial charge is 0.243 e. The second-order valence-corrected chi connectivity index (χ2v) is 9.56. The lowest BCUT2D eigenvalue weighted by atomic mass is 9.99. The molecule has 1 unspecified atom stereocenters. The summed E-state index contributed by atoms with van der Waals surface area (Å²) in [4.78, 5) is 12.6. The summed E-state index contributed by atoms with van der Waals surface area (Å²) >= 11 is 0. The molecule has 1 aliphatic rings. The predicted molar refractivity (Wildman–Crippen MR) is 109 cm³/mol. The fourth-order valence-electron chi connectivity index (χ4n) is 3.56. The molecule has 1 aromatic carbocycles. The quantitative estimate of drug-likeness (QED) is 0.646. The van der Waals surface area contributed by atoms with E-state index in [2.05, 4.69) is 15.6 Å². The van der Waals surface area contributed by atoms with Gasteiger partial charge in [-0.15, -0.1) is 5.10 Å². The minimum absolute atomic E-state index is 0.101. The first-order chi connectivity index (χ1) is 13.8. The number of amides is 1. The second-order valence-electron chi connectivity index (χ2n) is 7.62. The molecule has 1 N–H and O–H groups in total. The molecule has 9 nitrogen and oxygen atoms in total. The van der Waals surface area contributed by atoms with E-state index in [1.165, 1.54) is 4.31 Å². The van der Waals surface area contributed by atoms with Gasteiger partial charge in [0, 0.05) is 39.4 Å². The monoisotopic (exact) mass is 423 g/mol. The number of methoxy groups -OCH3 is 1. The van der Waals surface area contributed by atoms with E-state index in [9.17, 15) is 13.2 Å². The highest BCUT2D eigenvalue weighted by atomic mass is 32.2. The number of benzene rings is 1. The van der Waals surface area contributed by atoms with Crippen LogP contribution >= 0.6 is 0 Å². The Morgan fingerprint density at radius 1 is 1.38 bits per heavy atom. The molecule has 0 aliphatic carbocycles. The zero-order chi connectivity index (χ0) is 21.0. The van der Waals surface area contributed by atoms with Crippen LogP contribution in [0, 0.1) is 5.92 Å². The Morgan fingerprint density at radius 2 is 2.17 bits per heavy atom. The average molecular weight is 424 g/mol. The van der Waals surface area contributed by atoms with E-state index in [1.807, 2.05) is 13.8 Å². The topological polar surface area (TPSA) is 106 Å². The number of piperidine rings is 1. The fraction of sp³-hybridized carbons (Fsp3) is 0.632. The summed E-state index contributed by atoms with van der Waals surface area (Å²) in [6.07, 6.45) is 2.07. The van der Waals surface area contributed by atoms with Gasteiger partial charge < -0.3 is 10.1 Å². The number of carbonyl (C=O) groups is 1. The summed E-state index contributed by atoms with van der Waals surface area (Å²) in [6.45, 7) is 5.69. The van der Waals surface area contributed by atoms with Crippen LogP contribution in [0.25, 0.3) is 11.0 Å². The van der Waals surface area contributed by atoms with Crippen LogP contribution in [-0.2, 0) is 19.6 Å². The maximum atomic E-state index is 13.2. The van der Waals surface area contributed by atoms with E-state index in [0.29, 0.717) is 38.1 Å². The number of aromatic nitrogens is 3. The maximum Gasteiger partial charge on any atom is 0.243 e. The van der Waals surface area contributed by atoms with Crippen LogP contribution in [-0.4, -0.2) is 67.0 Å². The molecule has 1 atom stereocenters. The minimum Gasteiger partial charge on any atom is -0.385 e. The van der Waals surface area contributed by atoms with Crippen molar-refractivity contribution < 1.29 is 17.9 Å². The van der Waals surface area contributed by atoms with Gasteiger partial charge in [-0.1, -0.05) is 5.21 Å². The van der Waals surface area contributed by atoms with Crippen LogP contribution in [0.2, 0.25) is 0 Å². The summed E-state index contributed by atoms with van der Waals surface area (Å²) in [5, 5.41) is 11.1. The summed E-state index contributed by atoms with van der Waals surface area (Å²) in [6, 6.07) is 5.03. The molecule has 0 spiro atoms. The van der Waals surface area contributed by atoms with Crippen molar-refractivity contribution in [3.63, 3.8) is 0 Å². The summed E-state index contributed by atoms with van der Waals surface area (Å²) in [7, 11) is -2.09. The van der Waals surface area contributed by atoms with Gasteiger partial charge >= 0.3 is 0 Å². The molecule has 1 fully saturated rings. The Labute approximate surface area is 171 Å². The molecule has 0 radical (unpaired) electrons. The van der Waals surface area contributed by atoms with Crippen molar-refractivity contribution in [3.05, 3.63) is 18.2 Å². The van der Waals surface area contributed by atoms with E-state index >= 15 is 0 Å². The molecule has 0 bridgehead atoms. The van der Waals surface area contributed by atoms with Gasteiger partial charge in [0.25, 0.3) is 0 Å². The lowest BCUT2D eigenvalue weighted by Gasteiger charge is -2.31. The zero-order valence-corrected chi connectivity index (χ0v) is 18.0. The third kappa shape index (κ3) is 4.76. The zero-order valence-electron chi connectivity index (χ0n) is 17.2. The Balaban J connectivity index is 1.73. The number of rotatable bonds is 8. The SMILES string of the molecule is COCCCNC(=O)C1CCCN(S(=O)(=O)c2ccc3c(c2)nnn3C(C)C)C1. The predicted octanol–water partition coefficient (Wildman–Crippen LogP) is 1.57. The van der Waals surface area contributed by atoms with Crippen LogP contribution in [0.4, 0.5) is 0 Å². The molecule has 0 saturated carbocycles. The molecule has 2 heterocycles. The Kier molecular flexibility index (Phi) is 6.86. The molecule has 29 heavy (non-hydrogen) atoms. The molecule has 10 heteroatoms. The third-order valence-corrected chi connectivity index (χ3v) is 7.01. The van der Waals surface area contributed by atoms with Crippen molar-refractivity contribution in [3.8, 4) is 0 Å². The lowest BCUT2D eigenvalue weighted by Crippen LogP contribution is -2.45. The van der Waals surface area contributed by atoms with Gasteiger partial charge in [0.2, 0.25) is 15.9 Å². The number of carbonyl (C=O) groups excluding carboxylic acids is 1. The highest BCUT2D eigenvalue weighted by molar-refractivity contribution is 7.89. The molecule has 1 amide bonds.